The summed E-state index contributed by atoms with van der Waals surface area (Å²) in [6.07, 6.45) is 1.50. The Morgan fingerprint density at radius 1 is 1.10 bits per heavy atom. The summed E-state index contributed by atoms with van der Waals surface area (Å²) in [6.45, 7) is 1.64. The van der Waals surface area contributed by atoms with Crippen LogP contribution in [0.5, 0.6) is 0 Å². The Hall–Kier alpha value is -2.14. The standard InChI is InChI=1S/C15H14FNO2S/c1-12-11-14(16)7-8-15(12)17-20(18,19)10-9-13-5-3-2-4-6-13/h2-11,17H,1H3. The lowest BCUT2D eigenvalue weighted by Gasteiger charge is -2.07. The molecule has 0 amide bonds. The van der Waals surface area contributed by atoms with E-state index >= 15 is 0 Å². The van der Waals surface area contributed by atoms with Crippen LogP contribution in [0.25, 0.3) is 6.08 Å². The first-order valence-electron chi connectivity index (χ1n) is 5.98. The first-order valence-corrected chi connectivity index (χ1v) is 7.53. The topological polar surface area (TPSA) is 46.2 Å². The zero-order chi connectivity index (χ0) is 14.6. The number of sulfonamides is 1. The van der Waals surface area contributed by atoms with Crippen LogP contribution in [0, 0.1) is 12.7 Å². The molecule has 104 valence electrons. The third-order valence-electron chi connectivity index (χ3n) is 2.68. The van der Waals surface area contributed by atoms with Gasteiger partial charge in [0, 0.05) is 0 Å². The minimum atomic E-state index is -3.62. The average molecular weight is 291 g/mol. The summed E-state index contributed by atoms with van der Waals surface area (Å²) in [6, 6.07) is 13.0. The van der Waals surface area contributed by atoms with E-state index in [0.717, 1.165) is 11.0 Å². The van der Waals surface area contributed by atoms with Gasteiger partial charge in [-0.25, -0.2) is 12.8 Å². The van der Waals surface area contributed by atoms with Crippen molar-refractivity contribution >= 4 is 21.8 Å². The molecule has 5 heteroatoms. The van der Waals surface area contributed by atoms with E-state index < -0.39 is 15.8 Å². The summed E-state index contributed by atoms with van der Waals surface area (Å²) in [5.41, 5.74) is 1.68. The van der Waals surface area contributed by atoms with E-state index in [1.54, 1.807) is 19.1 Å². The third kappa shape index (κ3) is 3.93. The highest BCUT2D eigenvalue weighted by Crippen LogP contribution is 2.17. The van der Waals surface area contributed by atoms with Gasteiger partial charge in [0.25, 0.3) is 10.0 Å². The van der Waals surface area contributed by atoms with Crippen LogP contribution < -0.4 is 4.72 Å². The second-order valence-corrected chi connectivity index (χ2v) is 5.89. The van der Waals surface area contributed by atoms with Crippen LogP contribution in [0.1, 0.15) is 11.1 Å². The van der Waals surface area contributed by atoms with E-state index in [9.17, 15) is 12.8 Å². The summed E-state index contributed by atoms with van der Waals surface area (Å²) in [5.74, 6) is -0.398. The smallest absolute Gasteiger partial charge is 0.255 e. The fourth-order valence-corrected chi connectivity index (χ4v) is 2.60. The summed E-state index contributed by atoms with van der Waals surface area (Å²) < 4.78 is 39.2. The number of hydrogen-bond donors (Lipinski definition) is 1. The maximum absolute atomic E-state index is 13.0. The van der Waals surface area contributed by atoms with Crippen LogP contribution >= 0.6 is 0 Å². The molecule has 3 nitrogen and oxygen atoms in total. The quantitative estimate of drug-likeness (QED) is 0.936. The van der Waals surface area contributed by atoms with Gasteiger partial charge in [0.15, 0.2) is 0 Å². The van der Waals surface area contributed by atoms with Crippen LogP contribution in [0.4, 0.5) is 10.1 Å². The molecule has 0 fully saturated rings. The van der Waals surface area contributed by atoms with Crippen molar-refractivity contribution in [1.82, 2.24) is 0 Å². The predicted molar refractivity (Wildman–Crippen MR) is 79.2 cm³/mol. The van der Waals surface area contributed by atoms with Gasteiger partial charge in [-0.15, -0.1) is 0 Å². The van der Waals surface area contributed by atoms with Crippen molar-refractivity contribution in [2.45, 2.75) is 6.92 Å². The van der Waals surface area contributed by atoms with E-state index in [-0.39, 0.29) is 0 Å². The molecule has 0 aliphatic rings. The van der Waals surface area contributed by atoms with Gasteiger partial charge in [-0.1, -0.05) is 30.3 Å². The van der Waals surface area contributed by atoms with Crippen LogP contribution in [-0.2, 0) is 10.0 Å². The van der Waals surface area contributed by atoms with Crippen LogP contribution in [0.15, 0.2) is 53.9 Å². The number of hydrogen-bond acceptors (Lipinski definition) is 2. The molecule has 0 aliphatic heterocycles. The van der Waals surface area contributed by atoms with E-state index in [0.29, 0.717) is 11.3 Å². The number of benzene rings is 2. The molecule has 0 bridgehead atoms. The van der Waals surface area contributed by atoms with Gasteiger partial charge >= 0.3 is 0 Å². The zero-order valence-corrected chi connectivity index (χ0v) is 11.7. The molecular weight excluding hydrogens is 277 g/mol. The monoisotopic (exact) mass is 291 g/mol. The Labute approximate surface area is 117 Å². The Kier molecular flexibility index (Phi) is 4.20. The lowest BCUT2D eigenvalue weighted by atomic mass is 10.2. The highest BCUT2D eigenvalue weighted by molar-refractivity contribution is 7.95. The second-order valence-electron chi connectivity index (χ2n) is 4.32. The Bertz CT molecular complexity index is 725. The Balaban J connectivity index is 2.17. The van der Waals surface area contributed by atoms with Crippen molar-refractivity contribution in [3.05, 3.63) is 70.9 Å². The zero-order valence-electron chi connectivity index (χ0n) is 10.9. The van der Waals surface area contributed by atoms with Crippen molar-refractivity contribution in [2.24, 2.45) is 0 Å². The molecule has 0 heterocycles. The molecule has 2 aromatic rings. The van der Waals surface area contributed by atoms with Gasteiger partial charge < -0.3 is 0 Å². The van der Waals surface area contributed by atoms with Crippen molar-refractivity contribution in [1.29, 1.82) is 0 Å². The third-order valence-corrected chi connectivity index (χ3v) is 3.68. The first kappa shape index (κ1) is 14.3. The molecule has 2 aromatic carbocycles. The molecule has 1 N–H and O–H groups in total. The maximum Gasteiger partial charge on any atom is 0.255 e. The fraction of sp³-hybridized carbons (Fsp3) is 0.0667. The van der Waals surface area contributed by atoms with Gasteiger partial charge in [0.2, 0.25) is 0 Å². The molecule has 0 spiro atoms. The minimum Gasteiger partial charge on any atom is -0.280 e. The molecule has 0 aliphatic carbocycles. The summed E-state index contributed by atoms with van der Waals surface area (Å²) in [7, 11) is -3.62. The van der Waals surface area contributed by atoms with Crippen molar-refractivity contribution in [3.63, 3.8) is 0 Å². The van der Waals surface area contributed by atoms with Crippen LogP contribution in [0.3, 0.4) is 0 Å². The highest BCUT2D eigenvalue weighted by Gasteiger charge is 2.08. The lowest BCUT2D eigenvalue weighted by molar-refractivity contribution is 0.609. The average Bonchev–Trinajstić information content (AvgIpc) is 2.41. The van der Waals surface area contributed by atoms with Gasteiger partial charge in [-0.3, -0.25) is 4.72 Å². The highest BCUT2D eigenvalue weighted by atomic mass is 32.2. The Morgan fingerprint density at radius 2 is 1.80 bits per heavy atom. The van der Waals surface area contributed by atoms with Gasteiger partial charge in [0.1, 0.15) is 5.82 Å². The van der Waals surface area contributed by atoms with Crippen LogP contribution in [-0.4, -0.2) is 8.42 Å². The number of halogens is 1. The second kappa shape index (κ2) is 5.88. The molecule has 0 saturated heterocycles. The number of rotatable bonds is 4. The van der Waals surface area contributed by atoms with E-state index in [1.165, 1.54) is 24.3 Å². The lowest BCUT2D eigenvalue weighted by Crippen LogP contribution is -2.10. The van der Waals surface area contributed by atoms with Crippen molar-refractivity contribution < 1.29 is 12.8 Å². The first-order chi connectivity index (χ1) is 9.46. The molecular formula is C15H14FNO2S. The molecule has 20 heavy (non-hydrogen) atoms. The van der Waals surface area contributed by atoms with E-state index in [1.807, 2.05) is 18.2 Å². The number of anilines is 1. The molecule has 0 radical (unpaired) electrons. The van der Waals surface area contributed by atoms with Gasteiger partial charge in [0.05, 0.1) is 11.1 Å². The maximum atomic E-state index is 13.0. The van der Waals surface area contributed by atoms with Crippen LogP contribution in [0.2, 0.25) is 0 Å². The summed E-state index contributed by atoms with van der Waals surface area (Å²) in [4.78, 5) is 0. The van der Waals surface area contributed by atoms with Gasteiger partial charge in [-0.2, -0.15) is 0 Å². The van der Waals surface area contributed by atoms with E-state index in [4.69, 9.17) is 0 Å². The number of nitrogens with one attached hydrogen (secondary N) is 1. The Morgan fingerprint density at radius 3 is 2.45 bits per heavy atom. The molecule has 0 saturated carbocycles. The molecule has 0 unspecified atom stereocenters. The van der Waals surface area contributed by atoms with Crippen molar-refractivity contribution in [2.75, 3.05) is 4.72 Å². The summed E-state index contributed by atoms with van der Waals surface area (Å²) >= 11 is 0. The van der Waals surface area contributed by atoms with Crippen molar-refractivity contribution in [3.8, 4) is 0 Å². The minimum absolute atomic E-state index is 0.365. The molecule has 0 aromatic heterocycles. The normalized spacial score (nSPS) is 11.7. The predicted octanol–water partition coefficient (Wildman–Crippen LogP) is 3.55. The summed E-state index contributed by atoms with van der Waals surface area (Å²) in [5, 5.41) is 1.09. The van der Waals surface area contributed by atoms with E-state index in [2.05, 4.69) is 4.72 Å². The number of aryl methyl sites for hydroxylation is 1. The fourth-order valence-electron chi connectivity index (χ4n) is 1.66. The largest absolute Gasteiger partial charge is 0.280 e. The molecule has 2 rings (SSSR count). The van der Waals surface area contributed by atoms with Gasteiger partial charge in [-0.05, 0) is 42.3 Å². The molecule has 0 atom stereocenters. The SMILES string of the molecule is Cc1cc(F)ccc1NS(=O)(=O)C=Cc1ccccc1.